The summed E-state index contributed by atoms with van der Waals surface area (Å²) < 4.78 is 11.7. The zero-order valence-electron chi connectivity index (χ0n) is 13.6. The van der Waals surface area contributed by atoms with E-state index in [1.165, 1.54) is 5.69 Å². The standard InChI is InChI=1S/C18H27N2O2/c1-3-20(14-15-22-17-16-21-4-2)12-10-19(11-13-20)18-8-6-5-7-9-18/h5-13H,3-4,14-17H2,1-2H3/q+1. The van der Waals surface area contributed by atoms with Gasteiger partial charge >= 0.3 is 0 Å². The highest BCUT2D eigenvalue weighted by atomic mass is 16.5. The first kappa shape index (κ1) is 16.7. The predicted molar refractivity (Wildman–Crippen MR) is 90.2 cm³/mol. The maximum absolute atomic E-state index is 5.65. The number of hydrogen-bond acceptors (Lipinski definition) is 3. The molecule has 0 fully saturated rings. The van der Waals surface area contributed by atoms with E-state index in [1.807, 2.05) is 13.0 Å². The lowest BCUT2D eigenvalue weighted by Crippen LogP contribution is -2.42. The van der Waals surface area contributed by atoms with Crippen molar-refractivity contribution in [1.82, 2.24) is 0 Å². The number of quaternary nitrogens is 1. The van der Waals surface area contributed by atoms with Crippen molar-refractivity contribution in [2.75, 3.05) is 44.4 Å². The van der Waals surface area contributed by atoms with Crippen molar-refractivity contribution < 1.29 is 14.0 Å². The van der Waals surface area contributed by atoms with Gasteiger partial charge in [0.2, 0.25) is 0 Å². The Kier molecular flexibility index (Phi) is 6.65. The second-order valence-corrected chi connectivity index (χ2v) is 5.29. The molecular weight excluding hydrogens is 276 g/mol. The van der Waals surface area contributed by atoms with Crippen LogP contribution in [0.2, 0.25) is 0 Å². The Balaban J connectivity index is 1.84. The maximum Gasteiger partial charge on any atom is 0.117 e. The van der Waals surface area contributed by atoms with Gasteiger partial charge in [0.05, 0.1) is 38.8 Å². The van der Waals surface area contributed by atoms with Gasteiger partial charge in [-0.3, -0.25) is 4.48 Å². The highest BCUT2D eigenvalue weighted by Gasteiger charge is 2.23. The highest BCUT2D eigenvalue weighted by Crippen LogP contribution is 2.21. The number of ether oxygens (including phenoxy) is 2. The Hall–Kier alpha value is -1.62. The van der Waals surface area contributed by atoms with Crippen molar-refractivity contribution in [3.05, 3.63) is 55.1 Å². The van der Waals surface area contributed by atoms with Gasteiger partial charge in [-0.25, -0.2) is 0 Å². The van der Waals surface area contributed by atoms with Crippen LogP contribution in [-0.4, -0.2) is 44.0 Å². The summed E-state index contributed by atoms with van der Waals surface area (Å²) in [7, 11) is 0. The Labute approximate surface area is 133 Å². The largest absolute Gasteiger partial charge is 0.379 e. The van der Waals surface area contributed by atoms with E-state index in [0.717, 1.165) is 30.8 Å². The van der Waals surface area contributed by atoms with Crippen LogP contribution in [0.15, 0.2) is 55.1 Å². The minimum atomic E-state index is 0.668. The summed E-state index contributed by atoms with van der Waals surface area (Å²) in [6, 6.07) is 10.4. The number of nitrogens with zero attached hydrogens (tertiary/aromatic N) is 2. The number of hydrogen-bond donors (Lipinski definition) is 0. The minimum Gasteiger partial charge on any atom is -0.379 e. The molecule has 0 spiro atoms. The fraction of sp³-hybridized carbons (Fsp3) is 0.444. The molecule has 0 amide bonds. The predicted octanol–water partition coefficient (Wildman–Crippen LogP) is 3.34. The Morgan fingerprint density at radius 3 is 2.23 bits per heavy atom. The molecule has 4 heteroatoms. The fourth-order valence-electron chi connectivity index (χ4n) is 2.40. The van der Waals surface area contributed by atoms with Crippen molar-refractivity contribution in [2.24, 2.45) is 0 Å². The number of rotatable bonds is 9. The van der Waals surface area contributed by atoms with E-state index < -0.39 is 0 Å². The third kappa shape index (κ3) is 4.70. The summed E-state index contributed by atoms with van der Waals surface area (Å²) in [6.45, 7) is 8.99. The molecule has 120 valence electrons. The third-order valence-corrected chi connectivity index (χ3v) is 3.92. The summed E-state index contributed by atoms with van der Waals surface area (Å²) in [5.41, 5.74) is 1.18. The van der Waals surface area contributed by atoms with Crippen molar-refractivity contribution in [3.63, 3.8) is 0 Å². The SMILES string of the molecule is CCOCCOCC[N+]1(CC)C=CN(c2ccccc2)C=C1. The normalized spacial score (nSPS) is 16.2. The average Bonchev–Trinajstić information content (AvgIpc) is 2.59. The van der Waals surface area contributed by atoms with E-state index >= 15 is 0 Å². The number of benzene rings is 1. The van der Waals surface area contributed by atoms with Gasteiger partial charge in [-0.2, -0.15) is 0 Å². The monoisotopic (exact) mass is 303 g/mol. The van der Waals surface area contributed by atoms with Crippen LogP contribution in [0, 0.1) is 0 Å². The number of anilines is 1. The van der Waals surface area contributed by atoms with Crippen LogP contribution >= 0.6 is 0 Å². The lowest BCUT2D eigenvalue weighted by Gasteiger charge is -2.33. The van der Waals surface area contributed by atoms with Crippen LogP contribution in [0.4, 0.5) is 5.69 Å². The molecule has 4 nitrogen and oxygen atoms in total. The average molecular weight is 303 g/mol. The Morgan fingerprint density at radius 1 is 0.909 bits per heavy atom. The smallest absolute Gasteiger partial charge is 0.117 e. The van der Waals surface area contributed by atoms with Gasteiger partial charge in [-0.1, -0.05) is 18.2 Å². The van der Waals surface area contributed by atoms with Gasteiger partial charge < -0.3 is 14.4 Å². The van der Waals surface area contributed by atoms with Crippen LogP contribution in [0.3, 0.4) is 0 Å². The van der Waals surface area contributed by atoms with E-state index in [2.05, 4.69) is 60.9 Å². The molecule has 0 bridgehead atoms. The topological polar surface area (TPSA) is 21.7 Å². The van der Waals surface area contributed by atoms with Crippen LogP contribution < -0.4 is 4.90 Å². The highest BCUT2D eigenvalue weighted by molar-refractivity contribution is 5.51. The summed E-state index contributed by atoms with van der Waals surface area (Å²) in [4.78, 5) is 2.14. The van der Waals surface area contributed by atoms with E-state index in [9.17, 15) is 0 Å². The summed E-state index contributed by atoms with van der Waals surface area (Å²) in [5, 5.41) is 0. The van der Waals surface area contributed by atoms with Crippen molar-refractivity contribution in [1.29, 1.82) is 0 Å². The molecule has 0 atom stereocenters. The van der Waals surface area contributed by atoms with Gasteiger partial charge in [0.1, 0.15) is 18.9 Å². The molecule has 1 heterocycles. The first-order valence-electron chi connectivity index (χ1n) is 8.04. The van der Waals surface area contributed by atoms with Gasteiger partial charge in [0.15, 0.2) is 0 Å². The van der Waals surface area contributed by atoms with Crippen LogP contribution in [0.5, 0.6) is 0 Å². The quantitative estimate of drug-likeness (QED) is 0.516. The maximum atomic E-state index is 5.65. The van der Waals surface area contributed by atoms with Gasteiger partial charge in [-0.05, 0) is 26.0 Å². The van der Waals surface area contributed by atoms with Gasteiger partial charge in [-0.15, -0.1) is 0 Å². The second-order valence-electron chi connectivity index (χ2n) is 5.29. The van der Waals surface area contributed by atoms with Crippen LogP contribution in [0.25, 0.3) is 0 Å². The molecule has 0 aromatic heterocycles. The molecular formula is C18H27N2O2+. The minimum absolute atomic E-state index is 0.668. The van der Waals surface area contributed by atoms with Crippen molar-refractivity contribution in [2.45, 2.75) is 13.8 Å². The van der Waals surface area contributed by atoms with E-state index in [4.69, 9.17) is 9.47 Å². The molecule has 0 unspecified atom stereocenters. The Morgan fingerprint density at radius 2 is 1.59 bits per heavy atom. The third-order valence-electron chi connectivity index (χ3n) is 3.92. The molecule has 1 aliphatic rings. The zero-order valence-corrected chi connectivity index (χ0v) is 13.6. The molecule has 1 aromatic carbocycles. The summed E-state index contributed by atoms with van der Waals surface area (Å²) >= 11 is 0. The molecule has 22 heavy (non-hydrogen) atoms. The number of likely N-dealkylation sites (N-methyl/N-ethyl adjacent to an activating group) is 1. The van der Waals surface area contributed by atoms with E-state index in [1.54, 1.807) is 0 Å². The molecule has 0 aliphatic carbocycles. The summed E-state index contributed by atoms with van der Waals surface area (Å²) in [6.07, 6.45) is 8.75. The first-order valence-corrected chi connectivity index (χ1v) is 8.04. The molecule has 1 aliphatic heterocycles. The van der Waals surface area contributed by atoms with Gasteiger partial charge in [0.25, 0.3) is 0 Å². The molecule has 0 saturated heterocycles. The van der Waals surface area contributed by atoms with Crippen molar-refractivity contribution in [3.8, 4) is 0 Å². The summed E-state index contributed by atoms with van der Waals surface area (Å²) in [5.74, 6) is 0. The molecule has 1 aromatic rings. The lowest BCUT2D eigenvalue weighted by molar-refractivity contribution is -0.827. The molecule has 2 rings (SSSR count). The zero-order chi connectivity index (χ0) is 15.7. The lowest BCUT2D eigenvalue weighted by atomic mass is 10.3. The van der Waals surface area contributed by atoms with Crippen molar-refractivity contribution >= 4 is 5.69 Å². The Bertz CT molecular complexity index is 471. The molecule has 0 N–H and O–H groups in total. The first-order chi connectivity index (χ1) is 10.8. The number of para-hydroxylation sites is 1. The molecule has 0 radical (unpaired) electrons. The fourth-order valence-corrected chi connectivity index (χ4v) is 2.40. The van der Waals surface area contributed by atoms with Crippen LogP contribution in [0.1, 0.15) is 13.8 Å². The van der Waals surface area contributed by atoms with E-state index in [0.29, 0.717) is 13.2 Å². The van der Waals surface area contributed by atoms with Gasteiger partial charge in [0, 0.05) is 12.3 Å². The second kappa shape index (κ2) is 8.73. The van der Waals surface area contributed by atoms with Crippen LogP contribution in [-0.2, 0) is 9.47 Å². The van der Waals surface area contributed by atoms with E-state index in [-0.39, 0.29) is 0 Å². The molecule has 0 saturated carbocycles.